The molecular formula is C10H18. The molecule has 0 nitrogen and oxygen atoms in total. The molecule has 0 heterocycles. The highest BCUT2D eigenvalue weighted by Gasteiger charge is 2.20. The van der Waals surface area contributed by atoms with Crippen LogP contribution in [0.2, 0.25) is 0 Å². The highest BCUT2D eigenvalue weighted by molar-refractivity contribution is 4.97. The summed E-state index contributed by atoms with van der Waals surface area (Å²) in [7, 11) is 0. The van der Waals surface area contributed by atoms with E-state index in [2.05, 4.69) is 20.8 Å². The van der Waals surface area contributed by atoms with Crippen molar-refractivity contribution in [3.63, 3.8) is 0 Å². The van der Waals surface area contributed by atoms with Crippen LogP contribution in [0.25, 0.3) is 0 Å². The van der Waals surface area contributed by atoms with Crippen molar-refractivity contribution in [3.05, 3.63) is 11.8 Å². The van der Waals surface area contributed by atoms with E-state index in [9.17, 15) is 0 Å². The van der Waals surface area contributed by atoms with E-state index in [4.69, 9.17) is 0 Å². The van der Waals surface area contributed by atoms with Crippen molar-refractivity contribution in [2.45, 2.75) is 46.5 Å². The molecule has 1 aliphatic rings. The van der Waals surface area contributed by atoms with Crippen molar-refractivity contribution in [2.24, 2.45) is 5.92 Å². The van der Waals surface area contributed by atoms with E-state index in [1.165, 1.54) is 25.7 Å². The van der Waals surface area contributed by atoms with Gasteiger partial charge in [0, 0.05) is 0 Å². The van der Waals surface area contributed by atoms with E-state index in [1.807, 2.05) is 0 Å². The van der Waals surface area contributed by atoms with Crippen LogP contribution in [0.1, 0.15) is 46.5 Å². The number of hydrogen-bond acceptors (Lipinski definition) is 0. The van der Waals surface area contributed by atoms with Gasteiger partial charge in [-0.15, -0.1) is 0 Å². The average molecular weight is 138 g/mol. The van der Waals surface area contributed by atoms with Crippen LogP contribution in [0.3, 0.4) is 0 Å². The van der Waals surface area contributed by atoms with Gasteiger partial charge in [0.1, 0.15) is 0 Å². The quantitative estimate of drug-likeness (QED) is 0.521. The summed E-state index contributed by atoms with van der Waals surface area (Å²) in [4.78, 5) is 0. The summed E-state index contributed by atoms with van der Waals surface area (Å²) in [5, 5.41) is 0. The van der Waals surface area contributed by atoms with Crippen molar-refractivity contribution in [1.29, 1.82) is 0 Å². The molecule has 0 saturated heterocycles. The van der Waals surface area contributed by atoms with Gasteiger partial charge in [-0.05, 0) is 43.4 Å². The molecule has 0 amide bonds. The average Bonchev–Trinajstić information content (AvgIpc) is 1.88. The molecule has 58 valence electrons. The minimum atomic E-state index is 0.934. The third-order valence-corrected chi connectivity index (χ3v) is 2.66. The van der Waals surface area contributed by atoms with E-state index >= 15 is 0 Å². The largest absolute Gasteiger partial charge is 0.0591 e. The van der Waals surface area contributed by atoms with Crippen LogP contribution in [-0.2, 0) is 0 Å². The molecule has 10 heavy (non-hydrogen) atoms. The minimum absolute atomic E-state index is 0.934. The van der Waals surface area contributed by atoms with Gasteiger partial charge < -0.3 is 0 Å². The van der Waals surface area contributed by atoms with Crippen LogP contribution in [0.15, 0.2) is 0 Å². The van der Waals surface area contributed by atoms with Gasteiger partial charge in [0.25, 0.3) is 0 Å². The lowest BCUT2D eigenvalue weighted by molar-refractivity contribution is 0.394. The van der Waals surface area contributed by atoms with Gasteiger partial charge in [-0.2, -0.15) is 0 Å². The molecule has 0 heteroatoms. The van der Waals surface area contributed by atoms with Crippen molar-refractivity contribution in [2.75, 3.05) is 0 Å². The maximum Gasteiger partial charge on any atom is -0.0272 e. The lowest BCUT2D eigenvalue weighted by Crippen LogP contribution is -2.14. The molecule has 2 radical (unpaired) electrons. The van der Waals surface area contributed by atoms with Crippen molar-refractivity contribution in [1.82, 2.24) is 0 Å². The molecular weight excluding hydrogens is 120 g/mol. The fraction of sp³-hybridized carbons (Fsp3) is 0.800. The lowest BCUT2D eigenvalue weighted by Gasteiger charge is -2.28. The highest BCUT2D eigenvalue weighted by Crippen LogP contribution is 2.34. The van der Waals surface area contributed by atoms with Crippen molar-refractivity contribution in [3.8, 4) is 0 Å². The van der Waals surface area contributed by atoms with Crippen LogP contribution in [0.4, 0.5) is 0 Å². The second-order valence-electron chi connectivity index (χ2n) is 3.81. The van der Waals surface area contributed by atoms with E-state index in [0.29, 0.717) is 0 Å². The monoisotopic (exact) mass is 138 g/mol. The van der Waals surface area contributed by atoms with Gasteiger partial charge in [-0.3, -0.25) is 0 Å². The van der Waals surface area contributed by atoms with E-state index in [0.717, 1.165) is 5.92 Å². The molecule has 1 rings (SSSR count). The van der Waals surface area contributed by atoms with Crippen molar-refractivity contribution < 1.29 is 0 Å². The molecule has 0 aromatic carbocycles. The Hall–Kier alpha value is 0. The fourth-order valence-electron chi connectivity index (χ4n) is 1.69. The van der Waals surface area contributed by atoms with Gasteiger partial charge in [-0.1, -0.05) is 20.8 Å². The number of rotatable bonds is 1. The van der Waals surface area contributed by atoms with E-state index in [-0.39, 0.29) is 0 Å². The Morgan fingerprint density at radius 1 is 1.20 bits per heavy atom. The molecule has 0 aliphatic heterocycles. The van der Waals surface area contributed by atoms with Crippen molar-refractivity contribution >= 4 is 0 Å². The van der Waals surface area contributed by atoms with E-state index < -0.39 is 0 Å². The molecule has 0 aromatic rings. The summed E-state index contributed by atoms with van der Waals surface area (Å²) < 4.78 is 0. The standard InChI is InChI=1S/C10H18/c1-8(2)10-6-4-9(3)5-7-10/h10H,4-7H2,1-3H3. The minimum Gasteiger partial charge on any atom is -0.0591 e. The molecule has 0 N–H and O–H groups in total. The SMILES string of the molecule is C[C]1CCC([C](C)C)CC1. The van der Waals surface area contributed by atoms with Gasteiger partial charge in [0.15, 0.2) is 0 Å². The highest BCUT2D eigenvalue weighted by atomic mass is 14.3. The summed E-state index contributed by atoms with van der Waals surface area (Å²) in [5.74, 6) is 4.27. The lowest BCUT2D eigenvalue weighted by atomic mass is 9.78. The Morgan fingerprint density at radius 3 is 2.10 bits per heavy atom. The Labute approximate surface area is 65.0 Å². The smallest absolute Gasteiger partial charge is 0.0272 e. The van der Waals surface area contributed by atoms with Crippen LogP contribution in [0, 0.1) is 17.8 Å². The Balaban J connectivity index is 2.26. The summed E-state index contributed by atoms with van der Waals surface area (Å²) in [6, 6.07) is 0. The molecule has 1 aliphatic carbocycles. The predicted octanol–water partition coefficient (Wildman–Crippen LogP) is 3.39. The predicted molar refractivity (Wildman–Crippen MR) is 45.5 cm³/mol. The molecule has 0 atom stereocenters. The molecule has 1 saturated carbocycles. The van der Waals surface area contributed by atoms with Crippen LogP contribution < -0.4 is 0 Å². The maximum atomic E-state index is 2.29. The number of hydrogen-bond donors (Lipinski definition) is 0. The summed E-state index contributed by atoms with van der Waals surface area (Å²) in [5.41, 5.74) is 0. The van der Waals surface area contributed by atoms with Crippen LogP contribution in [-0.4, -0.2) is 0 Å². The van der Waals surface area contributed by atoms with E-state index in [1.54, 1.807) is 11.8 Å². The first-order valence-corrected chi connectivity index (χ1v) is 4.31. The molecule has 0 aromatic heterocycles. The topological polar surface area (TPSA) is 0 Å². The zero-order chi connectivity index (χ0) is 7.56. The fourth-order valence-corrected chi connectivity index (χ4v) is 1.69. The van der Waals surface area contributed by atoms with Gasteiger partial charge in [-0.25, -0.2) is 0 Å². The normalized spacial score (nSPS) is 24.0. The summed E-state index contributed by atoms with van der Waals surface area (Å²) in [6.45, 7) is 6.83. The second kappa shape index (κ2) is 3.41. The molecule has 1 fully saturated rings. The maximum absolute atomic E-state index is 2.29. The van der Waals surface area contributed by atoms with Gasteiger partial charge >= 0.3 is 0 Å². The Kier molecular flexibility index (Phi) is 2.76. The first-order valence-electron chi connectivity index (χ1n) is 4.31. The summed E-state index contributed by atoms with van der Waals surface area (Å²) in [6.07, 6.45) is 5.56. The zero-order valence-corrected chi connectivity index (χ0v) is 7.41. The Bertz CT molecular complexity index is 86.2. The third kappa shape index (κ3) is 2.00. The first-order chi connectivity index (χ1) is 4.70. The molecule has 0 bridgehead atoms. The Morgan fingerprint density at radius 2 is 1.70 bits per heavy atom. The van der Waals surface area contributed by atoms with Gasteiger partial charge in [0.2, 0.25) is 0 Å². The molecule has 0 unspecified atom stereocenters. The zero-order valence-electron chi connectivity index (χ0n) is 7.41. The third-order valence-electron chi connectivity index (χ3n) is 2.66. The summed E-state index contributed by atoms with van der Waals surface area (Å²) >= 11 is 0. The van der Waals surface area contributed by atoms with Gasteiger partial charge in [0.05, 0.1) is 0 Å². The second-order valence-corrected chi connectivity index (χ2v) is 3.81. The molecule has 0 spiro atoms. The van der Waals surface area contributed by atoms with Crippen LogP contribution >= 0.6 is 0 Å². The van der Waals surface area contributed by atoms with Crippen LogP contribution in [0.5, 0.6) is 0 Å². The first kappa shape index (κ1) is 8.10.